The molecular weight excluding hydrogens is 580 g/mol. The quantitative estimate of drug-likeness (QED) is 0.292. The Morgan fingerprint density at radius 1 is 1.11 bits per heavy atom. The Labute approximate surface area is 250 Å². The van der Waals surface area contributed by atoms with Gasteiger partial charge in [-0.2, -0.15) is 23.5 Å². The molecule has 1 aliphatic heterocycles. The van der Waals surface area contributed by atoms with Crippen LogP contribution in [0.2, 0.25) is 0 Å². The number of rotatable bonds is 8. The predicted molar refractivity (Wildman–Crippen MR) is 149 cm³/mol. The Hall–Kier alpha value is -4.73. The number of hydrogen-bond donors (Lipinski definition) is 1. The second kappa shape index (κ2) is 11.1. The minimum Gasteiger partial charge on any atom is -0.339 e. The fourth-order valence-corrected chi connectivity index (χ4v) is 5.81. The minimum absolute atomic E-state index is 0.0210. The van der Waals surface area contributed by atoms with Gasteiger partial charge in [0.2, 0.25) is 0 Å². The number of anilines is 1. The molecule has 3 aliphatic rings. The van der Waals surface area contributed by atoms with E-state index < -0.39 is 47.2 Å². The highest BCUT2D eigenvalue weighted by Gasteiger charge is 2.49. The van der Waals surface area contributed by atoms with Crippen LogP contribution in [-0.2, 0) is 11.0 Å². The topological polar surface area (TPSA) is 111 Å². The lowest BCUT2D eigenvalue weighted by atomic mass is 9.80. The van der Waals surface area contributed by atoms with Crippen molar-refractivity contribution in [3.05, 3.63) is 82.3 Å². The third-order valence-corrected chi connectivity index (χ3v) is 8.22. The molecule has 0 unspecified atom stereocenters. The van der Waals surface area contributed by atoms with E-state index >= 15 is 0 Å². The lowest BCUT2D eigenvalue weighted by Crippen LogP contribution is -2.55. The van der Waals surface area contributed by atoms with Crippen molar-refractivity contribution in [2.75, 3.05) is 18.0 Å². The number of amides is 3. The summed E-state index contributed by atoms with van der Waals surface area (Å²) in [6.45, 7) is 1.71. The summed E-state index contributed by atoms with van der Waals surface area (Å²) in [6.07, 6.45) is -1.68. The van der Waals surface area contributed by atoms with Gasteiger partial charge in [0.25, 0.3) is 17.7 Å². The zero-order valence-electron chi connectivity index (χ0n) is 23.6. The predicted octanol–water partition coefficient (Wildman–Crippen LogP) is 4.80. The zero-order chi connectivity index (χ0) is 31.3. The van der Waals surface area contributed by atoms with Gasteiger partial charge in [0.15, 0.2) is 5.69 Å². The van der Waals surface area contributed by atoms with Crippen molar-refractivity contribution < 1.29 is 31.9 Å². The molecule has 0 saturated heterocycles. The highest BCUT2D eigenvalue weighted by molar-refractivity contribution is 6.07. The Kier molecular flexibility index (Phi) is 7.39. The fourth-order valence-electron chi connectivity index (χ4n) is 5.81. The first-order chi connectivity index (χ1) is 21.0. The number of carbonyl (C=O) groups is 3. The maximum Gasteiger partial charge on any atom is 0.416 e. The molecule has 2 aromatic carbocycles. The van der Waals surface area contributed by atoms with Crippen molar-refractivity contribution in [1.29, 1.82) is 5.26 Å². The number of nitrogens with zero attached hydrogens (tertiary/aromatic N) is 5. The molecule has 2 fully saturated rings. The highest BCUT2D eigenvalue weighted by Crippen LogP contribution is 2.48. The summed E-state index contributed by atoms with van der Waals surface area (Å²) in [5.41, 5.74) is -0.573. The number of nitriles is 1. The molecule has 2 heterocycles. The van der Waals surface area contributed by atoms with Crippen molar-refractivity contribution in [1.82, 2.24) is 20.0 Å². The van der Waals surface area contributed by atoms with Gasteiger partial charge in [0, 0.05) is 29.6 Å². The molecule has 228 valence electrons. The number of nitrogens with one attached hydrogen (secondary N) is 1. The first-order valence-electron chi connectivity index (χ1n) is 14.4. The van der Waals surface area contributed by atoms with Crippen LogP contribution in [0.1, 0.15) is 82.1 Å². The standard InChI is InChI=1S/C31H28F4N6O3/c1-2-39-28-24(26(38-41(28)22-12-13-22)30(44)40(15-14-36)21-10-11-21)23(17-6-8-20(32)9-7-17)25(29(39)43)37-27(42)18-4-3-5-19(16-18)31(33,34)35/h3-9,16,21-23,25H,2,10-13,15H2,1H3,(H,37,42)/t23-,25-/m0/s1. The van der Waals surface area contributed by atoms with Gasteiger partial charge in [-0.1, -0.05) is 18.2 Å². The lowest BCUT2D eigenvalue weighted by molar-refractivity contribution is -0.137. The molecule has 44 heavy (non-hydrogen) atoms. The molecule has 3 amide bonds. The maximum absolute atomic E-state index is 14.2. The van der Waals surface area contributed by atoms with Crippen molar-refractivity contribution in [2.24, 2.45) is 0 Å². The van der Waals surface area contributed by atoms with Crippen molar-refractivity contribution >= 4 is 23.5 Å². The highest BCUT2D eigenvalue weighted by atomic mass is 19.4. The van der Waals surface area contributed by atoms with E-state index in [-0.39, 0.29) is 36.4 Å². The molecule has 1 aromatic heterocycles. The van der Waals surface area contributed by atoms with E-state index in [0.29, 0.717) is 23.0 Å². The Morgan fingerprint density at radius 3 is 2.41 bits per heavy atom. The number of likely N-dealkylation sites (N-methyl/N-ethyl adjacent to an activating group) is 1. The van der Waals surface area contributed by atoms with Gasteiger partial charge < -0.3 is 10.2 Å². The van der Waals surface area contributed by atoms with Gasteiger partial charge in [-0.05, 0) is 68.5 Å². The SMILES string of the molecule is CCN1C(=O)[C@@H](NC(=O)c2cccc(C(F)(F)F)c2)[C@@H](c2ccc(F)cc2)c2c(C(=O)N(CC#N)C3CC3)nn(C3CC3)c21. The fraction of sp³-hybridized carbons (Fsp3) is 0.387. The van der Waals surface area contributed by atoms with Gasteiger partial charge in [0.1, 0.15) is 24.2 Å². The Bertz CT molecular complexity index is 1670. The van der Waals surface area contributed by atoms with Crippen molar-refractivity contribution in [3.63, 3.8) is 0 Å². The summed E-state index contributed by atoms with van der Waals surface area (Å²) >= 11 is 0. The van der Waals surface area contributed by atoms with Gasteiger partial charge in [-0.15, -0.1) is 0 Å². The molecule has 0 bridgehead atoms. The maximum atomic E-state index is 14.2. The van der Waals surface area contributed by atoms with Gasteiger partial charge in [-0.25, -0.2) is 9.07 Å². The molecular formula is C31H28F4N6O3. The van der Waals surface area contributed by atoms with Crippen LogP contribution in [0.5, 0.6) is 0 Å². The number of fused-ring (bicyclic) bond motifs is 1. The van der Waals surface area contributed by atoms with Crippen LogP contribution in [0.25, 0.3) is 0 Å². The third-order valence-electron chi connectivity index (χ3n) is 8.22. The summed E-state index contributed by atoms with van der Waals surface area (Å²) in [4.78, 5) is 44.6. The number of hydrogen-bond acceptors (Lipinski definition) is 5. The van der Waals surface area contributed by atoms with Crippen LogP contribution in [0.3, 0.4) is 0 Å². The normalized spacial score (nSPS) is 19.7. The monoisotopic (exact) mass is 608 g/mol. The van der Waals surface area contributed by atoms with E-state index in [1.807, 2.05) is 6.07 Å². The van der Waals surface area contributed by atoms with Gasteiger partial charge in [-0.3, -0.25) is 19.3 Å². The summed E-state index contributed by atoms with van der Waals surface area (Å²) in [5.74, 6) is -3.17. The molecule has 13 heteroatoms. The van der Waals surface area contributed by atoms with Crippen molar-refractivity contribution in [2.45, 2.75) is 62.8 Å². The van der Waals surface area contributed by atoms with E-state index in [0.717, 1.165) is 37.8 Å². The van der Waals surface area contributed by atoms with Crippen LogP contribution in [0.15, 0.2) is 48.5 Å². The number of aromatic nitrogens is 2. The number of carbonyl (C=O) groups excluding carboxylic acids is 3. The van der Waals surface area contributed by atoms with E-state index in [1.165, 1.54) is 40.1 Å². The van der Waals surface area contributed by atoms with E-state index in [2.05, 4.69) is 5.32 Å². The molecule has 1 N–H and O–H groups in total. The second-order valence-corrected chi connectivity index (χ2v) is 11.2. The first-order valence-corrected chi connectivity index (χ1v) is 14.4. The van der Waals surface area contributed by atoms with Crippen LogP contribution >= 0.6 is 0 Å². The molecule has 2 saturated carbocycles. The van der Waals surface area contributed by atoms with Gasteiger partial charge >= 0.3 is 6.18 Å². The van der Waals surface area contributed by atoms with Crippen LogP contribution in [0, 0.1) is 17.1 Å². The van der Waals surface area contributed by atoms with E-state index in [9.17, 15) is 37.2 Å². The average Bonchev–Trinajstić information content (AvgIpc) is 3.94. The summed E-state index contributed by atoms with van der Waals surface area (Å²) in [6, 6.07) is 9.59. The second-order valence-electron chi connectivity index (χ2n) is 11.2. The average molecular weight is 609 g/mol. The Morgan fingerprint density at radius 2 is 1.82 bits per heavy atom. The molecule has 2 atom stereocenters. The molecule has 6 rings (SSSR count). The van der Waals surface area contributed by atoms with Crippen LogP contribution in [0.4, 0.5) is 23.4 Å². The molecule has 0 spiro atoms. The van der Waals surface area contributed by atoms with Gasteiger partial charge in [0.05, 0.1) is 17.7 Å². The first kappa shape index (κ1) is 29.3. The largest absolute Gasteiger partial charge is 0.416 e. The smallest absolute Gasteiger partial charge is 0.339 e. The number of alkyl halides is 3. The van der Waals surface area contributed by atoms with Crippen molar-refractivity contribution in [3.8, 4) is 6.07 Å². The molecule has 0 radical (unpaired) electrons. The molecule has 9 nitrogen and oxygen atoms in total. The zero-order valence-corrected chi connectivity index (χ0v) is 23.6. The minimum atomic E-state index is -4.69. The molecule has 2 aliphatic carbocycles. The molecule has 3 aromatic rings. The lowest BCUT2D eigenvalue weighted by Gasteiger charge is -2.38. The third kappa shape index (κ3) is 5.29. The van der Waals surface area contributed by atoms with E-state index in [1.54, 1.807) is 11.6 Å². The summed E-state index contributed by atoms with van der Waals surface area (Å²) < 4.78 is 56.0. The summed E-state index contributed by atoms with van der Waals surface area (Å²) in [5, 5.41) is 16.8. The van der Waals surface area contributed by atoms with E-state index in [4.69, 9.17) is 5.10 Å². The van der Waals surface area contributed by atoms with Crippen LogP contribution < -0.4 is 10.2 Å². The Balaban J connectivity index is 1.51. The number of benzene rings is 2. The number of halogens is 4. The van der Waals surface area contributed by atoms with Crippen LogP contribution in [-0.4, -0.2) is 57.6 Å². The summed E-state index contributed by atoms with van der Waals surface area (Å²) in [7, 11) is 0.